The average molecular weight is 178 g/mol. The molecule has 0 fully saturated rings. The molecule has 0 aliphatic rings. The minimum absolute atomic E-state index is 0.471. The van der Waals surface area contributed by atoms with E-state index >= 15 is 0 Å². The van der Waals surface area contributed by atoms with E-state index in [0.29, 0.717) is 18.2 Å². The zero-order chi connectivity index (χ0) is 9.84. The fourth-order valence-corrected chi connectivity index (χ4v) is 1.06. The summed E-state index contributed by atoms with van der Waals surface area (Å²) in [6.45, 7) is 8.15. The number of hydrogen-bond donors (Lipinski definition) is 1. The Morgan fingerprint density at radius 2 is 2.31 bits per heavy atom. The Labute approximate surface area is 78.2 Å². The molecule has 0 unspecified atom stereocenters. The predicted molar refractivity (Wildman–Crippen MR) is 54.0 cm³/mol. The van der Waals surface area contributed by atoms with E-state index in [-0.39, 0.29) is 0 Å². The third-order valence-electron chi connectivity index (χ3n) is 1.68. The first-order valence-corrected chi connectivity index (χ1v) is 4.20. The number of pyridine rings is 1. The van der Waals surface area contributed by atoms with Crippen LogP contribution in [0.3, 0.4) is 0 Å². The van der Waals surface area contributed by atoms with Gasteiger partial charge in [0.05, 0.1) is 12.2 Å². The molecule has 1 aromatic heterocycles. The second kappa shape index (κ2) is 3.94. The lowest BCUT2D eigenvalue weighted by Crippen LogP contribution is -2.00. The van der Waals surface area contributed by atoms with Crippen LogP contribution in [0.1, 0.15) is 18.2 Å². The Bertz CT molecular complexity index is 321. The first-order valence-electron chi connectivity index (χ1n) is 4.20. The quantitative estimate of drug-likeness (QED) is 0.720. The first kappa shape index (κ1) is 9.58. The van der Waals surface area contributed by atoms with Crippen molar-refractivity contribution < 1.29 is 4.74 Å². The highest BCUT2D eigenvalue weighted by Gasteiger charge is 2.04. The molecule has 3 heteroatoms. The summed E-state index contributed by atoms with van der Waals surface area (Å²) in [5, 5.41) is 0. The van der Waals surface area contributed by atoms with E-state index in [2.05, 4.69) is 11.6 Å². The molecule has 0 saturated heterocycles. The summed E-state index contributed by atoms with van der Waals surface area (Å²) >= 11 is 0. The summed E-state index contributed by atoms with van der Waals surface area (Å²) in [7, 11) is 0. The van der Waals surface area contributed by atoms with Gasteiger partial charge in [-0.25, -0.2) is 4.98 Å². The highest BCUT2D eigenvalue weighted by molar-refractivity contribution is 5.67. The summed E-state index contributed by atoms with van der Waals surface area (Å²) < 4.78 is 5.23. The van der Waals surface area contributed by atoms with Gasteiger partial charge < -0.3 is 10.5 Å². The molecule has 13 heavy (non-hydrogen) atoms. The van der Waals surface area contributed by atoms with Crippen LogP contribution < -0.4 is 5.73 Å². The number of nitrogens with two attached hydrogens (primary N) is 1. The third-order valence-corrected chi connectivity index (χ3v) is 1.68. The van der Waals surface area contributed by atoms with E-state index in [1.807, 2.05) is 26.0 Å². The number of rotatable bonds is 3. The summed E-state index contributed by atoms with van der Waals surface area (Å²) in [4.78, 5) is 4.11. The molecule has 1 rings (SSSR count). The molecule has 3 nitrogen and oxygen atoms in total. The lowest BCUT2D eigenvalue weighted by molar-refractivity contribution is 0.299. The van der Waals surface area contributed by atoms with E-state index in [1.54, 1.807) is 0 Å². The van der Waals surface area contributed by atoms with Crippen LogP contribution in [-0.4, -0.2) is 11.6 Å². The smallest absolute Gasteiger partial charge is 0.134 e. The molecule has 0 aromatic carbocycles. The van der Waals surface area contributed by atoms with Crippen molar-refractivity contribution in [3.05, 3.63) is 30.0 Å². The molecule has 0 saturated carbocycles. The van der Waals surface area contributed by atoms with Crippen LogP contribution in [0.4, 0.5) is 5.82 Å². The molecule has 1 aromatic rings. The van der Waals surface area contributed by atoms with Crippen LogP contribution in [0.25, 0.3) is 5.76 Å². The Morgan fingerprint density at radius 3 is 2.85 bits per heavy atom. The molecule has 0 amide bonds. The van der Waals surface area contributed by atoms with Crippen molar-refractivity contribution >= 4 is 11.6 Å². The second-order valence-corrected chi connectivity index (χ2v) is 2.74. The summed E-state index contributed by atoms with van der Waals surface area (Å²) in [5.74, 6) is 1.05. The van der Waals surface area contributed by atoms with Gasteiger partial charge in [-0.3, -0.25) is 0 Å². The Morgan fingerprint density at radius 1 is 1.62 bits per heavy atom. The van der Waals surface area contributed by atoms with Crippen LogP contribution in [0.15, 0.2) is 18.7 Å². The molecule has 0 aliphatic carbocycles. The van der Waals surface area contributed by atoms with Gasteiger partial charge in [0.15, 0.2) is 0 Å². The van der Waals surface area contributed by atoms with Gasteiger partial charge in [-0.05, 0) is 26.0 Å². The van der Waals surface area contributed by atoms with Crippen molar-refractivity contribution in [3.8, 4) is 0 Å². The number of nitrogens with zero attached hydrogens (tertiary/aromatic N) is 1. The van der Waals surface area contributed by atoms with E-state index in [1.165, 1.54) is 0 Å². The summed E-state index contributed by atoms with van der Waals surface area (Å²) in [6.07, 6.45) is 0. The lowest BCUT2D eigenvalue weighted by Gasteiger charge is -2.08. The molecule has 0 aliphatic heterocycles. The van der Waals surface area contributed by atoms with Crippen molar-refractivity contribution in [1.82, 2.24) is 4.98 Å². The van der Waals surface area contributed by atoms with Crippen molar-refractivity contribution in [2.75, 3.05) is 12.3 Å². The van der Waals surface area contributed by atoms with Crippen molar-refractivity contribution in [3.63, 3.8) is 0 Å². The Balaban J connectivity index is 2.95. The molecule has 70 valence electrons. The molecule has 2 N–H and O–H groups in total. The average Bonchev–Trinajstić information content (AvgIpc) is 2.04. The van der Waals surface area contributed by atoms with Gasteiger partial charge in [0.2, 0.25) is 0 Å². The number of ether oxygens (including phenoxy) is 1. The number of aryl methyl sites for hydroxylation is 1. The minimum atomic E-state index is 0.471. The minimum Gasteiger partial charge on any atom is -0.494 e. The standard InChI is InChI=1S/C10H14N2O/c1-4-13-8(3)9-6-5-7(2)12-10(9)11/h5-6H,3-4H2,1-2H3,(H2,11,12). The van der Waals surface area contributed by atoms with Crippen molar-refractivity contribution in [2.45, 2.75) is 13.8 Å². The van der Waals surface area contributed by atoms with E-state index in [4.69, 9.17) is 10.5 Å². The monoisotopic (exact) mass is 178 g/mol. The van der Waals surface area contributed by atoms with E-state index in [9.17, 15) is 0 Å². The maximum Gasteiger partial charge on any atom is 0.134 e. The molecule has 0 atom stereocenters. The van der Waals surface area contributed by atoms with Crippen LogP contribution in [-0.2, 0) is 4.74 Å². The highest BCUT2D eigenvalue weighted by Crippen LogP contribution is 2.19. The molecule has 0 radical (unpaired) electrons. The predicted octanol–water partition coefficient (Wildman–Crippen LogP) is 1.98. The SMILES string of the molecule is C=C(OCC)c1ccc(C)nc1N. The normalized spacial score (nSPS) is 9.69. The zero-order valence-corrected chi connectivity index (χ0v) is 8.00. The number of hydrogen-bond acceptors (Lipinski definition) is 3. The van der Waals surface area contributed by atoms with Gasteiger partial charge in [-0.2, -0.15) is 0 Å². The number of nitrogen functional groups attached to an aromatic ring is 1. The Kier molecular flexibility index (Phi) is 2.90. The van der Waals surface area contributed by atoms with Gasteiger partial charge >= 0.3 is 0 Å². The van der Waals surface area contributed by atoms with Crippen molar-refractivity contribution in [1.29, 1.82) is 0 Å². The molecule has 0 spiro atoms. The van der Waals surface area contributed by atoms with Gasteiger partial charge in [0.25, 0.3) is 0 Å². The van der Waals surface area contributed by atoms with Gasteiger partial charge in [-0.15, -0.1) is 0 Å². The van der Waals surface area contributed by atoms with Crippen LogP contribution >= 0.6 is 0 Å². The van der Waals surface area contributed by atoms with Gasteiger partial charge in [0, 0.05) is 5.69 Å². The van der Waals surface area contributed by atoms with Crippen LogP contribution in [0.5, 0.6) is 0 Å². The first-order chi connectivity index (χ1) is 6.15. The number of aromatic nitrogens is 1. The molecule has 0 bridgehead atoms. The van der Waals surface area contributed by atoms with E-state index < -0.39 is 0 Å². The fraction of sp³-hybridized carbons (Fsp3) is 0.300. The lowest BCUT2D eigenvalue weighted by atomic mass is 10.2. The largest absolute Gasteiger partial charge is 0.494 e. The summed E-state index contributed by atoms with van der Waals surface area (Å²) in [5.41, 5.74) is 7.37. The molecular formula is C10H14N2O. The highest BCUT2D eigenvalue weighted by atomic mass is 16.5. The van der Waals surface area contributed by atoms with Crippen LogP contribution in [0.2, 0.25) is 0 Å². The Hall–Kier alpha value is -1.51. The van der Waals surface area contributed by atoms with Gasteiger partial charge in [0.1, 0.15) is 11.6 Å². The fourth-order valence-electron chi connectivity index (χ4n) is 1.06. The second-order valence-electron chi connectivity index (χ2n) is 2.74. The molecule has 1 heterocycles. The van der Waals surface area contributed by atoms with Crippen LogP contribution in [0, 0.1) is 6.92 Å². The maximum atomic E-state index is 5.70. The maximum absolute atomic E-state index is 5.70. The van der Waals surface area contributed by atoms with Gasteiger partial charge in [-0.1, -0.05) is 6.58 Å². The molecular weight excluding hydrogens is 164 g/mol. The third kappa shape index (κ3) is 2.21. The number of anilines is 1. The van der Waals surface area contributed by atoms with Crippen molar-refractivity contribution in [2.24, 2.45) is 0 Å². The van der Waals surface area contributed by atoms with E-state index in [0.717, 1.165) is 11.3 Å². The topological polar surface area (TPSA) is 48.1 Å². The summed E-state index contributed by atoms with van der Waals surface area (Å²) in [6, 6.07) is 3.76. The zero-order valence-electron chi connectivity index (χ0n) is 8.00.